The molecule has 1 aromatic rings. The highest BCUT2D eigenvalue weighted by molar-refractivity contribution is 5.49. The van der Waals surface area contributed by atoms with Gasteiger partial charge in [-0.1, -0.05) is 6.07 Å². The van der Waals surface area contributed by atoms with Crippen molar-refractivity contribution in [1.29, 1.82) is 0 Å². The molecule has 0 aromatic heterocycles. The van der Waals surface area contributed by atoms with Crippen molar-refractivity contribution in [2.75, 3.05) is 25.5 Å². The number of anilines is 1. The maximum atomic E-state index is 13.7. The summed E-state index contributed by atoms with van der Waals surface area (Å²) in [6.07, 6.45) is -4.35. The fourth-order valence-corrected chi connectivity index (χ4v) is 1.62. The van der Waals surface area contributed by atoms with Crippen LogP contribution in [-0.4, -0.2) is 26.8 Å². The van der Waals surface area contributed by atoms with Gasteiger partial charge in [0, 0.05) is 13.1 Å². The standard InChI is InChI=1S/C12H16F4N2/c1-8(17-2)9-4-5-11(10(13)6-9)18(3)7-12(14,15)16/h4-6,8,17H,7H2,1-3H3. The van der Waals surface area contributed by atoms with Gasteiger partial charge in [0.1, 0.15) is 12.4 Å². The average molecular weight is 264 g/mol. The van der Waals surface area contributed by atoms with Crippen molar-refractivity contribution in [3.63, 3.8) is 0 Å². The van der Waals surface area contributed by atoms with Gasteiger partial charge < -0.3 is 10.2 Å². The topological polar surface area (TPSA) is 15.3 Å². The van der Waals surface area contributed by atoms with E-state index < -0.39 is 18.5 Å². The molecule has 102 valence electrons. The molecule has 0 bridgehead atoms. The summed E-state index contributed by atoms with van der Waals surface area (Å²) in [6, 6.07) is 4.18. The van der Waals surface area contributed by atoms with E-state index >= 15 is 0 Å². The Labute approximate surface area is 104 Å². The Morgan fingerprint density at radius 2 is 1.94 bits per heavy atom. The Hall–Kier alpha value is -1.30. The van der Waals surface area contributed by atoms with Crippen LogP contribution in [0.5, 0.6) is 0 Å². The first-order chi connectivity index (χ1) is 8.24. The Morgan fingerprint density at radius 3 is 2.39 bits per heavy atom. The van der Waals surface area contributed by atoms with E-state index in [-0.39, 0.29) is 11.7 Å². The molecule has 0 radical (unpaired) electrons. The third-order valence-corrected chi connectivity index (χ3v) is 2.73. The summed E-state index contributed by atoms with van der Waals surface area (Å²) in [5.74, 6) is -0.652. The van der Waals surface area contributed by atoms with Crippen molar-refractivity contribution in [3.8, 4) is 0 Å². The van der Waals surface area contributed by atoms with E-state index in [1.807, 2.05) is 6.92 Å². The second kappa shape index (κ2) is 5.56. The highest BCUT2D eigenvalue weighted by atomic mass is 19.4. The van der Waals surface area contributed by atoms with Gasteiger partial charge in [0.25, 0.3) is 0 Å². The largest absolute Gasteiger partial charge is 0.405 e. The Kier molecular flexibility index (Phi) is 4.56. The first-order valence-electron chi connectivity index (χ1n) is 5.49. The first kappa shape index (κ1) is 14.8. The van der Waals surface area contributed by atoms with Gasteiger partial charge in [0.05, 0.1) is 5.69 Å². The maximum Gasteiger partial charge on any atom is 0.405 e. The lowest BCUT2D eigenvalue weighted by Crippen LogP contribution is -2.31. The van der Waals surface area contributed by atoms with Gasteiger partial charge in [-0.25, -0.2) is 4.39 Å². The van der Waals surface area contributed by atoms with Gasteiger partial charge in [-0.2, -0.15) is 13.2 Å². The molecule has 2 nitrogen and oxygen atoms in total. The minimum atomic E-state index is -4.35. The highest BCUT2D eigenvalue weighted by Gasteiger charge is 2.30. The molecule has 1 N–H and O–H groups in total. The number of alkyl halides is 3. The first-order valence-corrected chi connectivity index (χ1v) is 5.49. The van der Waals surface area contributed by atoms with E-state index in [9.17, 15) is 17.6 Å². The number of halogens is 4. The minimum Gasteiger partial charge on any atom is -0.363 e. The van der Waals surface area contributed by atoms with Crippen LogP contribution in [0.25, 0.3) is 0 Å². The third kappa shape index (κ3) is 3.87. The molecule has 0 saturated carbocycles. The van der Waals surface area contributed by atoms with E-state index in [2.05, 4.69) is 5.32 Å². The number of hydrogen-bond acceptors (Lipinski definition) is 2. The van der Waals surface area contributed by atoms with E-state index in [0.29, 0.717) is 5.56 Å². The number of nitrogens with one attached hydrogen (secondary N) is 1. The molecule has 0 aliphatic rings. The third-order valence-electron chi connectivity index (χ3n) is 2.73. The number of hydrogen-bond donors (Lipinski definition) is 1. The van der Waals surface area contributed by atoms with Crippen LogP contribution in [0.1, 0.15) is 18.5 Å². The van der Waals surface area contributed by atoms with Crippen LogP contribution in [-0.2, 0) is 0 Å². The summed E-state index contributed by atoms with van der Waals surface area (Å²) in [6.45, 7) is 0.665. The summed E-state index contributed by atoms with van der Waals surface area (Å²) in [5.41, 5.74) is 0.638. The molecule has 1 unspecified atom stereocenters. The molecule has 0 aliphatic heterocycles. The second-order valence-corrected chi connectivity index (χ2v) is 4.19. The molecule has 1 aromatic carbocycles. The van der Waals surface area contributed by atoms with Crippen molar-refractivity contribution in [2.24, 2.45) is 0 Å². The fourth-order valence-electron chi connectivity index (χ4n) is 1.62. The molecule has 6 heteroatoms. The summed E-state index contributed by atoms with van der Waals surface area (Å²) >= 11 is 0. The molecule has 0 spiro atoms. The molecular formula is C12H16F4N2. The van der Waals surface area contributed by atoms with Crippen LogP contribution < -0.4 is 10.2 Å². The normalized spacial score (nSPS) is 13.5. The van der Waals surface area contributed by atoms with Crippen LogP contribution in [0, 0.1) is 5.82 Å². The lowest BCUT2D eigenvalue weighted by Gasteiger charge is -2.22. The van der Waals surface area contributed by atoms with Gasteiger partial charge in [-0.15, -0.1) is 0 Å². The SMILES string of the molecule is CNC(C)c1ccc(N(C)CC(F)(F)F)c(F)c1. The lowest BCUT2D eigenvalue weighted by atomic mass is 10.1. The molecular weight excluding hydrogens is 248 g/mol. The number of benzene rings is 1. The molecule has 0 amide bonds. The van der Waals surface area contributed by atoms with Crippen molar-refractivity contribution < 1.29 is 17.6 Å². The Morgan fingerprint density at radius 1 is 1.33 bits per heavy atom. The lowest BCUT2D eigenvalue weighted by molar-refractivity contribution is -0.119. The molecule has 18 heavy (non-hydrogen) atoms. The molecule has 0 heterocycles. The van der Waals surface area contributed by atoms with Crippen LogP contribution in [0.3, 0.4) is 0 Å². The fraction of sp³-hybridized carbons (Fsp3) is 0.500. The smallest absolute Gasteiger partial charge is 0.363 e. The average Bonchev–Trinajstić information content (AvgIpc) is 2.25. The number of rotatable bonds is 4. The zero-order valence-electron chi connectivity index (χ0n) is 10.5. The monoisotopic (exact) mass is 264 g/mol. The van der Waals surface area contributed by atoms with E-state index in [0.717, 1.165) is 4.90 Å². The Balaban J connectivity index is 2.92. The van der Waals surface area contributed by atoms with E-state index in [1.165, 1.54) is 19.2 Å². The minimum absolute atomic E-state index is 0.0542. The van der Waals surface area contributed by atoms with Crippen molar-refractivity contribution >= 4 is 5.69 Å². The van der Waals surface area contributed by atoms with E-state index in [4.69, 9.17) is 0 Å². The molecule has 1 atom stereocenters. The molecule has 0 saturated heterocycles. The zero-order valence-corrected chi connectivity index (χ0v) is 10.5. The van der Waals surface area contributed by atoms with Gasteiger partial charge in [0.2, 0.25) is 0 Å². The summed E-state index contributed by atoms with van der Waals surface area (Å²) in [7, 11) is 2.94. The van der Waals surface area contributed by atoms with Crippen LogP contribution >= 0.6 is 0 Å². The predicted octanol–water partition coefficient (Wildman–Crippen LogP) is 3.10. The summed E-state index contributed by atoms with van der Waals surface area (Å²) in [4.78, 5) is 0.850. The van der Waals surface area contributed by atoms with Gasteiger partial charge in [0.15, 0.2) is 0 Å². The van der Waals surface area contributed by atoms with Gasteiger partial charge >= 0.3 is 6.18 Å². The zero-order chi connectivity index (χ0) is 13.9. The van der Waals surface area contributed by atoms with Crippen molar-refractivity contribution in [3.05, 3.63) is 29.6 Å². The van der Waals surface area contributed by atoms with Crippen LogP contribution in [0.4, 0.5) is 23.2 Å². The maximum absolute atomic E-state index is 13.7. The van der Waals surface area contributed by atoms with Crippen molar-refractivity contribution in [1.82, 2.24) is 5.32 Å². The van der Waals surface area contributed by atoms with E-state index in [1.54, 1.807) is 13.1 Å². The number of nitrogens with zero attached hydrogens (tertiary/aromatic N) is 1. The molecule has 1 rings (SSSR count). The summed E-state index contributed by atoms with van der Waals surface area (Å²) < 4.78 is 50.4. The Bertz CT molecular complexity index is 404. The van der Waals surface area contributed by atoms with Gasteiger partial charge in [-0.05, 0) is 31.7 Å². The second-order valence-electron chi connectivity index (χ2n) is 4.19. The molecule has 0 aliphatic carbocycles. The van der Waals surface area contributed by atoms with Crippen molar-refractivity contribution in [2.45, 2.75) is 19.1 Å². The van der Waals surface area contributed by atoms with Gasteiger partial charge in [-0.3, -0.25) is 0 Å². The quantitative estimate of drug-likeness (QED) is 0.841. The van der Waals surface area contributed by atoms with Crippen LogP contribution in [0.2, 0.25) is 0 Å². The molecule has 0 fully saturated rings. The predicted molar refractivity (Wildman–Crippen MR) is 63.2 cm³/mol. The highest BCUT2D eigenvalue weighted by Crippen LogP contribution is 2.25. The summed E-state index contributed by atoms with van der Waals surface area (Å²) in [5, 5.41) is 2.94. The van der Waals surface area contributed by atoms with Crippen LogP contribution in [0.15, 0.2) is 18.2 Å².